The van der Waals surface area contributed by atoms with Gasteiger partial charge in [-0.05, 0) is 12.1 Å². The predicted octanol–water partition coefficient (Wildman–Crippen LogP) is -2.33. The molecular weight excluding hydrogens is 270 g/mol. The molecule has 0 bridgehead atoms. The maximum atomic E-state index is 11.8. The normalized spacial score (nSPS) is 17.1. The van der Waals surface area contributed by atoms with Crippen LogP contribution in [0.15, 0.2) is 24.5 Å². The van der Waals surface area contributed by atoms with Crippen molar-refractivity contribution < 1.29 is 35.1 Å². The Hall–Kier alpha value is -1.58. The van der Waals surface area contributed by atoms with Crippen molar-refractivity contribution in [3.05, 3.63) is 30.1 Å². The molecule has 8 nitrogen and oxygen atoms in total. The number of carbonyl (C=O) groups excluding carboxylic acids is 1. The van der Waals surface area contributed by atoms with E-state index in [1.165, 1.54) is 24.5 Å². The van der Waals surface area contributed by atoms with Gasteiger partial charge in [0, 0.05) is 12.4 Å². The van der Waals surface area contributed by atoms with E-state index in [1.54, 1.807) is 0 Å². The van der Waals surface area contributed by atoms with Crippen LogP contribution in [0.2, 0.25) is 0 Å². The zero-order chi connectivity index (χ0) is 15.1. The Balaban J connectivity index is 2.82. The van der Waals surface area contributed by atoms with Crippen LogP contribution in [0.3, 0.4) is 0 Å². The van der Waals surface area contributed by atoms with Gasteiger partial charge in [-0.15, -0.1) is 0 Å². The van der Waals surface area contributed by atoms with Gasteiger partial charge in [0.25, 0.3) is 0 Å². The summed E-state index contributed by atoms with van der Waals surface area (Å²) in [4.78, 5) is 15.5. The summed E-state index contributed by atoms with van der Waals surface area (Å²) >= 11 is 0. The fourth-order valence-corrected chi connectivity index (χ4v) is 1.48. The van der Waals surface area contributed by atoms with Gasteiger partial charge in [0.05, 0.1) is 18.8 Å². The number of pyridine rings is 1. The second-order valence-electron chi connectivity index (χ2n) is 4.10. The average molecular weight is 287 g/mol. The maximum Gasteiger partial charge on any atom is 0.340 e. The molecule has 0 saturated carbocycles. The van der Waals surface area contributed by atoms with Gasteiger partial charge in [-0.25, -0.2) is 4.79 Å². The molecule has 1 aromatic rings. The van der Waals surface area contributed by atoms with E-state index < -0.39 is 43.6 Å². The zero-order valence-corrected chi connectivity index (χ0v) is 10.5. The van der Waals surface area contributed by atoms with Crippen molar-refractivity contribution in [1.29, 1.82) is 0 Å². The molecule has 0 saturated heterocycles. The molecule has 112 valence electrons. The molecule has 0 unspecified atom stereocenters. The largest absolute Gasteiger partial charge is 0.453 e. The van der Waals surface area contributed by atoms with Crippen LogP contribution in [0, 0.1) is 0 Å². The third kappa shape index (κ3) is 4.22. The Morgan fingerprint density at radius 1 is 1.20 bits per heavy atom. The van der Waals surface area contributed by atoms with Crippen LogP contribution in [-0.4, -0.2) is 74.1 Å². The molecule has 0 radical (unpaired) electrons. The molecule has 1 rings (SSSR count). The minimum atomic E-state index is -1.75. The zero-order valence-electron chi connectivity index (χ0n) is 10.5. The minimum absolute atomic E-state index is 0.0772. The van der Waals surface area contributed by atoms with Crippen LogP contribution in [-0.2, 0) is 4.74 Å². The summed E-state index contributed by atoms with van der Waals surface area (Å²) in [7, 11) is 0. The van der Waals surface area contributed by atoms with Crippen molar-refractivity contribution in [3.8, 4) is 0 Å². The van der Waals surface area contributed by atoms with Gasteiger partial charge in [-0.3, -0.25) is 4.98 Å². The van der Waals surface area contributed by atoms with E-state index in [-0.39, 0.29) is 5.56 Å². The van der Waals surface area contributed by atoms with Crippen molar-refractivity contribution in [2.75, 3.05) is 13.2 Å². The maximum absolute atomic E-state index is 11.8. The Morgan fingerprint density at radius 2 is 1.85 bits per heavy atom. The molecule has 1 aromatic heterocycles. The van der Waals surface area contributed by atoms with Gasteiger partial charge >= 0.3 is 5.97 Å². The lowest BCUT2D eigenvalue weighted by Gasteiger charge is -2.28. The lowest BCUT2D eigenvalue weighted by molar-refractivity contribution is -0.128. The van der Waals surface area contributed by atoms with Crippen LogP contribution < -0.4 is 0 Å². The number of esters is 1. The molecule has 20 heavy (non-hydrogen) atoms. The fraction of sp³-hybridized carbons (Fsp3) is 0.500. The molecule has 8 heteroatoms. The topological polar surface area (TPSA) is 140 Å². The van der Waals surface area contributed by atoms with Crippen LogP contribution >= 0.6 is 0 Å². The van der Waals surface area contributed by atoms with Gasteiger partial charge in [-0.1, -0.05) is 0 Å². The smallest absolute Gasteiger partial charge is 0.340 e. The highest BCUT2D eigenvalue weighted by Crippen LogP contribution is 2.12. The second-order valence-corrected chi connectivity index (χ2v) is 4.10. The second kappa shape index (κ2) is 7.88. The molecule has 0 spiro atoms. The summed E-state index contributed by atoms with van der Waals surface area (Å²) in [5, 5.41) is 46.2. The third-order valence-electron chi connectivity index (χ3n) is 2.62. The molecule has 0 amide bonds. The predicted molar refractivity (Wildman–Crippen MR) is 65.6 cm³/mol. The number of hydrogen-bond acceptors (Lipinski definition) is 8. The fourth-order valence-electron chi connectivity index (χ4n) is 1.48. The van der Waals surface area contributed by atoms with Crippen molar-refractivity contribution >= 4 is 5.97 Å². The first-order chi connectivity index (χ1) is 9.51. The summed E-state index contributed by atoms with van der Waals surface area (Å²) in [6.07, 6.45) is -3.90. The Bertz CT molecular complexity index is 414. The number of carbonyl (C=O) groups is 1. The highest BCUT2D eigenvalue weighted by atomic mass is 16.6. The van der Waals surface area contributed by atoms with Crippen molar-refractivity contribution in [2.45, 2.75) is 24.4 Å². The van der Waals surface area contributed by atoms with E-state index in [0.717, 1.165) is 0 Å². The first-order valence-corrected chi connectivity index (χ1v) is 5.88. The molecular formula is C12H17NO7. The average Bonchev–Trinajstić information content (AvgIpc) is 2.50. The van der Waals surface area contributed by atoms with E-state index in [2.05, 4.69) is 4.98 Å². The Morgan fingerprint density at radius 3 is 2.35 bits per heavy atom. The number of ether oxygens (including phenoxy) is 1. The summed E-state index contributed by atoms with van der Waals surface area (Å²) in [5.74, 6) is -0.889. The van der Waals surface area contributed by atoms with Crippen molar-refractivity contribution in [2.24, 2.45) is 0 Å². The van der Waals surface area contributed by atoms with Crippen LogP contribution in [0.4, 0.5) is 0 Å². The number of rotatable bonds is 7. The number of aromatic nitrogens is 1. The van der Waals surface area contributed by atoms with Gasteiger partial charge in [0.1, 0.15) is 18.3 Å². The minimum Gasteiger partial charge on any atom is -0.453 e. The Labute approximate surface area is 114 Å². The number of aliphatic hydroxyl groups is 5. The molecule has 1 heterocycles. The summed E-state index contributed by atoms with van der Waals surface area (Å²) in [6.45, 7) is -1.58. The van der Waals surface area contributed by atoms with Crippen LogP contribution in [0.5, 0.6) is 0 Å². The van der Waals surface area contributed by atoms with Gasteiger partial charge in [0.15, 0.2) is 6.10 Å². The molecule has 0 aliphatic rings. The molecule has 0 aromatic carbocycles. The molecule has 0 fully saturated rings. The standard InChI is InChI=1S/C12H17NO7/c14-5-8(16)10(18)11(9(17)6-15)20-12(19)7-2-1-3-13-4-7/h1-4,8-11,14-18H,5-6H2/t8-,9-,10-,11-/m1/s1. The van der Waals surface area contributed by atoms with Crippen LogP contribution in [0.25, 0.3) is 0 Å². The van der Waals surface area contributed by atoms with E-state index in [9.17, 15) is 20.1 Å². The van der Waals surface area contributed by atoms with E-state index in [1.807, 2.05) is 0 Å². The van der Waals surface area contributed by atoms with Gasteiger partial charge in [-0.2, -0.15) is 0 Å². The summed E-state index contributed by atoms with van der Waals surface area (Å²) in [6, 6.07) is 2.90. The quantitative estimate of drug-likeness (QED) is 0.352. The number of hydrogen-bond donors (Lipinski definition) is 5. The van der Waals surface area contributed by atoms with Gasteiger partial charge in [0.2, 0.25) is 0 Å². The summed E-state index contributed by atoms with van der Waals surface area (Å²) < 4.78 is 4.86. The van der Waals surface area contributed by atoms with Crippen molar-refractivity contribution in [1.82, 2.24) is 4.98 Å². The lowest BCUT2D eigenvalue weighted by Crippen LogP contribution is -2.49. The Kier molecular flexibility index (Phi) is 6.49. The lowest BCUT2D eigenvalue weighted by atomic mass is 10.0. The SMILES string of the molecule is O=C(O[C@@H]([C@H](O)[C@H](O)CO)[C@H](O)CO)c1cccnc1. The molecule has 4 atom stereocenters. The molecule has 0 aliphatic carbocycles. The van der Waals surface area contributed by atoms with E-state index in [0.29, 0.717) is 0 Å². The molecule has 0 aliphatic heterocycles. The first-order valence-electron chi connectivity index (χ1n) is 5.88. The number of nitrogens with zero attached hydrogens (tertiary/aromatic N) is 1. The monoisotopic (exact) mass is 287 g/mol. The van der Waals surface area contributed by atoms with Crippen LogP contribution in [0.1, 0.15) is 10.4 Å². The molecule has 5 N–H and O–H groups in total. The highest BCUT2D eigenvalue weighted by molar-refractivity contribution is 5.89. The van der Waals surface area contributed by atoms with E-state index >= 15 is 0 Å². The summed E-state index contributed by atoms with van der Waals surface area (Å²) in [5.41, 5.74) is 0.0772. The van der Waals surface area contributed by atoms with E-state index in [4.69, 9.17) is 14.9 Å². The van der Waals surface area contributed by atoms with Crippen molar-refractivity contribution in [3.63, 3.8) is 0 Å². The number of aliphatic hydroxyl groups excluding tert-OH is 5. The first kappa shape index (κ1) is 16.5. The third-order valence-corrected chi connectivity index (χ3v) is 2.62. The highest BCUT2D eigenvalue weighted by Gasteiger charge is 2.35. The van der Waals surface area contributed by atoms with Gasteiger partial charge < -0.3 is 30.3 Å².